The Kier molecular flexibility index (Phi) is 4.30. The van der Waals surface area contributed by atoms with Crippen molar-refractivity contribution in [3.8, 4) is 0 Å². The van der Waals surface area contributed by atoms with Gasteiger partial charge < -0.3 is 15.0 Å². The van der Waals surface area contributed by atoms with Crippen LogP contribution in [0.3, 0.4) is 0 Å². The van der Waals surface area contributed by atoms with Crippen LogP contribution >= 0.6 is 11.6 Å². The first-order valence-electron chi connectivity index (χ1n) is 7.68. The van der Waals surface area contributed by atoms with E-state index in [4.69, 9.17) is 16.3 Å². The lowest BCUT2D eigenvalue weighted by atomic mass is 9.82. The third kappa shape index (κ3) is 2.81. The number of halogens is 1. The van der Waals surface area contributed by atoms with Crippen molar-refractivity contribution in [3.05, 3.63) is 28.8 Å². The molecule has 0 saturated carbocycles. The molecule has 6 heteroatoms. The largest absolute Gasteiger partial charge is 0.437 e. The molecule has 22 heavy (non-hydrogen) atoms. The molecule has 0 bridgehead atoms. The third-order valence-corrected chi connectivity index (χ3v) is 4.66. The zero-order valence-corrected chi connectivity index (χ0v) is 13.8. The lowest BCUT2D eigenvalue weighted by Gasteiger charge is -2.45. The van der Waals surface area contributed by atoms with Gasteiger partial charge in [0.05, 0.1) is 5.69 Å². The molecule has 1 aromatic carbocycles. The third-order valence-electron chi connectivity index (χ3n) is 4.43. The van der Waals surface area contributed by atoms with E-state index >= 15 is 0 Å². The molecule has 2 aliphatic rings. The van der Waals surface area contributed by atoms with Crippen LogP contribution in [0.5, 0.6) is 0 Å². The Labute approximate surface area is 136 Å². The lowest BCUT2D eigenvalue weighted by molar-refractivity contribution is -0.0179. The average Bonchev–Trinajstić information content (AvgIpc) is 2.48. The Balaban J connectivity index is 2.00. The van der Waals surface area contributed by atoms with Crippen LogP contribution < -0.4 is 10.2 Å². The number of nitrogens with one attached hydrogen (secondary N) is 1. The van der Waals surface area contributed by atoms with E-state index in [9.17, 15) is 4.79 Å². The van der Waals surface area contributed by atoms with Gasteiger partial charge in [0.25, 0.3) is 0 Å². The summed E-state index contributed by atoms with van der Waals surface area (Å²) < 4.78 is 5.91. The van der Waals surface area contributed by atoms with Gasteiger partial charge in [-0.2, -0.15) is 0 Å². The zero-order valence-electron chi connectivity index (χ0n) is 13.1. The number of hydrogen-bond acceptors (Lipinski definition) is 4. The van der Waals surface area contributed by atoms with Gasteiger partial charge in [-0.05, 0) is 45.4 Å². The maximum absolute atomic E-state index is 12.6. The lowest BCUT2D eigenvalue weighted by Crippen LogP contribution is -2.51. The van der Waals surface area contributed by atoms with Crippen molar-refractivity contribution in [1.29, 1.82) is 0 Å². The smallest absolute Gasteiger partial charge is 0.415 e. The number of amides is 1. The summed E-state index contributed by atoms with van der Waals surface area (Å²) in [4.78, 5) is 16.3. The second kappa shape index (κ2) is 6.07. The maximum Gasteiger partial charge on any atom is 0.415 e. The SMILES string of the molecule is CN(C)CCN1C(=O)OC2(CCNCC2)c2cc(Cl)ccc21. The van der Waals surface area contributed by atoms with Gasteiger partial charge in [-0.1, -0.05) is 11.6 Å². The normalized spacial score (nSPS) is 20.2. The predicted octanol–water partition coefficient (Wildman–Crippen LogP) is 2.44. The number of ether oxygens (including phenoxy) is 1. The highest BCUT2D eigenvalue weighted by Crippen LogP contribution is 2.45. The van der Waals surface area contributed by atoms with Gasteiger partial charge in [0.1, 0.15) is 5.60 Å². The molecule has 1 saturated heterocycles. The second-order valence-corrected chi connectivity index (χ2v) is 6.67. The minimum atomic E-state index is -0.531. The van der Waals surface area contributed by atoms with Gasteiger partial charge in [0.2, 0.25) is 0 Å². The fourth-order valence-electron chi connectivity index (χ4n) is 3.20. The molecule has 0 unspecified atom stereocenters. The molecule has 120 valence electrons. The Morgan fingerprint density at radius 2 is 2.09 bits per heavy atom. The Morgan fingerprint density at radius 1 is 1.36 bits per heavy atom. The predicted molar refractivity (Wildman–Crippen MR) is 87.6 cm³/mol. The summed E-state index contributed by atoms with van der Waals surface area (Å²) >= 11 is 6.21. The number of benzene rings is 1. The summed E-state index contributed by atoms with van der Waals surface area (Å²) in [5.41, 5.74) is 1.45. The molecule has 1 spiro atoms. The highest BCUT2D eigenvalue weighted by atomic mass is 35.5. The first kappa shape index (κ1) is 15.6. The van der Waals surface area contributed by atoms with Crippen molar-refractivity contribution < 1.29 is 9.53 Å². The van der Waals surface area contributed by atoms with Crippen LogP contribution in [0.25, 0.3) is 0 Å². The van der Waals surface area contributed by atoms with E-state index in [0.717, 1.165) is 43.7 Å². The van der Waals surface area contributed by atoms with E-state index in [1.807, 2.05) is 32.3 Å². The quantitative estimate of drug-likeness (QED) is 0.928. The summed E-state index contributed by atoms with van der Waals surface area (Å²) in [6.07, 6.45) is 1.32. The van der Waals surface area contributed by atoms with Crippen LogP contribution in [0.1, 0.15) is 18.4 Å². The van der Waals surface area contributed by atoms with E-state index in [0.29, 0.717) is 11.6 Å². The Hall–Kier alpha value is -1.30. The van der Waals surface area contributed by atoms with Crippen molar-refractivity contribution >= 4 is 23.4 Å². The minimum absolute atomic E-state index is 0.251. The molecule has 2 aliphatic heterocycles. The molecule has 1 fully saturated rings. The fraction of sp³-hybridized carbons (Fsp3) is 0.562. The van der Waals surface area contributed by atoms with E-state index < -0.39 is 5.60 Å². The number of carbonyl (C=O) groups is 1. The van der Waals surface area contributed by atoms with E-state index in [-0.39, 0.29) is 6.09 Å². The van der Waals surface area contributed by atoms with Crippen molar-refractivity contribution in [3.63, 3.8) is 0 Å². The van der Waals surface area contributed by atoms with Crippen LogP contribution in [-0.2, 0) is 10.3 Å². The molecule has 3 rings (SSSR count). The molecule has 0 radical (unpaired) electrons. The van der Waals surface area contributed by atoms with E-state index in [1.165, 1.54) is 0 Å². The summed E-state index contributed by atoms with van der Waals surface area (Å²) in [6, 6.07) is 5.74. The number of carbonyl (C=O) groups excluding carboxylic acids is 1. The van der Waals surface area contributed by atoms with Gasteiger partial charge in [0, 0.05) is 36.5 Å². The number of hydrogen-bond donors (Lipinski definition) is 1. The number of fused-ring (bicyclic) bond motifs is 2. The van der Waals surface area contributed by atoms with E-state index in [2.05, 4.69) is 10.2 Å². The van der Waals surface area contributed by atoms with Crippen LogP contribution in [-0.4, -0.2) is 51.3 Å². The fourth-order valence-corrected chi connectivity index (χ4v) is 3.37. The monoisotopic (exact) mass is 323 g/mol. The topological polar surface area (TPSA) is 44.8 Å². The summed E-state index contributed by atoms with van der Waals surface area (Å²) in [7, 11) is 3.98. The van der Waals surface area contributed by atoms with Gasteiger partial charge in [-0.15, -0.1) is 0 Å². The Morgan fingerprint density at radius 3 is 2.77 bits per heavy atom. The van der Waals surface area contributed by atoms with Gasteiger partial charge in [-0.3, -0.25) is 4.90 Å². The molecule has 0 aromatic heterocycles. The first-order valence-corrected chi connectivity index (χ1v) is 8.06. The van der Waals surface area contributed by atoms with Crippen molar-refractivity contribution in [1.82, 2.24) is 10.2 Å². The first-order chi connectivity index (χ1) is 10.5. The number of rotatable bonds is 3. The molecule has 0 atom stereocenters. The average molecular weight is 324 g/mol. The molecular weight excluding hydrogens is 302 g/mol. The number of likely N-dealkylation sites (N-methyl/N-ethyl adjacent to an activating group) is 1. The molecule has 1 aromatic rings. The van der Waals surface area contributed by atoms with Crippen molar-refractivity contribution in [2.24, 2.45) is 0 Å². The van der Waals surface area contributed by atoms with Crippen molar-refractivity contribution in [2.75, 3.05) is 45.2 Å². The van der Waals surface area contributed by atoms with Crippen LogP contribution in [0.4, 0.5) is 10.5 Å². The molecule has 5 nitrogen and oxygen atoms in total. The second-order valence-electron chi connectivity index (χ2n) is 6.23. The minimum Gasteiger partial charge on any atom is -0.437 e. The number of anilines is 1. The summed E-state index contributed by atoms with van der Waals surface area (Å²) in [6.45, 7) is 3.08. The summed E-state index contributed by atoms with van der Waals surface area (Å²) in [5.74, 6) is 0. The van der Waals surface area contributed by atoms with Gasteiger partial charge >= 0.3 is 6.09 Å². The molecule has 0 aliphatic carbocycles. The highest BCUT2D eigenvalue weighted by Gasteiger charge is 2.45. The molecule has 2 heterocycles. The van der Waals surface area contributed by atoms with Gasteiger partial charge in [0.15, 0.2) is 0 Å². The zero-order chi connectivity index (χ0) is 15.7. The molecular formula is C16H22ClN3O2. The molecule has 1 amide bonds. The van der Waals surface area contributed by atoms with Crippen LogP contribution in [0.15, 0.2) is 18.2 Å². The highest BCUT2D eigenvalue weighted by molar-refractivity contribution is 6.30. The van der Waals surface area contributed by atoms with Crippen LogP contribution in [0.2, 0.25) is 5.02 Å². The number of piperidine rings is 1. The van der Waals surface area contributed by atoms with E-state index in [1.54, 1.807) is 4.90 Å². The summed E-state index contributed by atoms with van der Waals surface area (Å²) in [5, 5.41) is 4.01. The Bertz CT molecular complexity index is 571. The molecule has 1 N–H and O–H groups in total. The standard InChI is InChI=1S/C16H22ClN3O2/c1-19(2)9-10-20-14-4-3-12(17)11-13(14)16(22-15(20)21)5-7-18-8-6-16/h3-4,11,18H,5-10H2,1-2H3. The van der Waals surface area contributed by atoms with Crippen molar-refractivity contribution in [2.45, 2.75) is 18.4 Å². The number of nitrogens with zero attached hydrogens (tertiary/aromatic N) is 2. The van der Waals surface area contributed by atoms with Crippen LogP contribution in [0, 0.1) is 0 Å². The maximum atomic E-state index is 12.6. The van der Waals surface area contributed by atoms with Gasteiger partial charge in [-0.25, -0.2) is 4.79 Å².